The molecule has 0 spiro atoms. The van der Waals surface area contributed by atoms with Crippen LogP contribution in [0.15, 0.2) is 121 Å². The number of aromatic nitrogens is 1. The van der Waals surface area contributed by atoms with Gasteiger partial charge in [0.05, 0.1) is 12.8 Å². The number of hydrogen-bond acceptors (Lipinski definition) is 11. The predicted molar refractivity (Wildman–Crippen MR) is 268 cm³/mol. The fraction of sp³-hybridized carbons (Fsp3) is 0.370. The lowest BCUT2D eigenvalue weighted by atomic mass is 10.0. The van der Waals surface area contributed by atoms with Crippen LogP contribution in [0.5, 0.6) is 0 Å². The fourth-order valence-electron chi connectivity index (χ4n) is 7.71. The normalized spacial score (nSPS) is 13.2. The Morgan fingerprint density at radius 1 is 0.639 bits per heavy atom. The number of benzene rings is 4. The number of rotatable bonds is 25. The van der Waals surface area contributed by atoms with E-state index in [2.05, 4.69) is 26.3 Å². The van der Waals surface area contributed by atoms with Crippen LogP contribution in [0.1, 0.15) is 82.1 Å². The summed E-state index contributed by atoms with van der Waals surface area (Å²) in [5.74, 6) is -5.87. The second-order valence-corrected chi connectivity index (χ2v) is 18.4. The standard InChI is InChI=1S/C54H65N7O11/c1-6-7-27-45(50(66)59-42(31-47(63)70-33-36-21-13-9-14-22-36)49(65)58-41(48(55)64)28-35-19-11-8-12-20-35)61(5)51(67)43(29-38-32-56-40-26-18-17-25-39(38)40)57-46(62)30-44(60-53(69)72-54(2,3)4)52(68)71-34-37-23-15-10-16-24-37/h8-26,32,41-45,56H,6-7,27-31,33-34H2,1-5H3,(H2,55,64)(H,57,62)(H,58,65)(H,59,66)(H,60,69)/t41-,42-,43-,44+,45-/m0/s1. The van der Waals surface area contributed by atoms with Crippen molar-refractivity contribution in [3.05, 3.63) is 144 Å². The van der Waals surface area contributed by atoms with Gasteiger partial charge in [-0.1, -0.05) is 129 Å². The Balaban J connectivity index is 1.42. The number of primary amides is 1. The zero-order valence-electron chi connectivity index (χ0n) is 41.3. The van der Waals surface area contributed by atoms with Gasteiger partial charge >= 0.3 is 18.0 Å². The molecular formula is C54H65N7O11. The van der Waals surface area contributed by atoms with Crippen molar-refractivity contribution in [3.63, 3.8) is 0 Å². The molecule has 5 rings (SSSR count). The van der Waals surface area contributed by atoms with Crippen LogP contribution in [0, 0.1) is 0 Å². The summed E-state index contributed by atoms with van der Waals surface area (Å²) in [6.45, 7) is 6.52. The third kappa shape index (κ3) is 17.4. The molecule has 382 valence electrons. The summed E-state index contributed by atoms with van der Waals surface area (Å²) in [6, 6.07) is 26.8. The van der Waals surface area contributed by atoms with Crippen molar-refractivity contribution in [1.82, 2.24) is 31.2 Å². The van der Waals surface area contributed by atoms with Crippen LogP contribution in [0.3, 0.4) is 0 Å². The van der Waals surface area contributed by atoms with Crippen molar-refractivity contribution in [2.45, 2.75) is 122 Å². The maximum absolute atomic E-state index is 14.9. The number of nitrogens with one attached hydrogen (secondary N) is 5. The van der Waals surface area contributed by atoms with Gasteiger partial charge in [-0.25, -0.2) is 9.59 Å². The summed E-state index contributed by atoms with van der Waals surface area (Å²) in [6.07, 6.45) is 0.476. The minimum absolute atomic E-state index is 0.0214. The molecule has 0 aliphatic carbocycles. The van der Waals surface area contributed by atoms with Crippen LogP contribution in [-0.2, 0) is 73.8 Å². The number of H-pyrrole nitrogens is 1. The van der Waals surface area contributed by atoms with Gasteiger partial charge in [0, 0.05) is 37.0 Å². The van der Waals surface area contributed by atoms with Crippen molar-refractivity contribution in [1.29, 1.82) is 0 Å². The number of ether oxygens (including phenoxy) is 3. The van der Waals surface area contributed by atoms with Crippen LogP contribution >= 0.6 is 0 Å². The lowest BCUT2D eigenvalue weighted by Gasteiger charge is -2.32. The smallest absolute Gasteiger partial charge is 0.408 e. The number of esters is 2. The molecule has 5 atom stereocenters. The summed E-state index contributed by atoms with van der Waals surface area (Å²) in [7, 11) is 1.39. The average Bonchev–Trinajstić information content (AvgIpc) is 3.76. The van der Waals surface area contributed by atoms with Crippen LogP contribution in [0.2, 0.25) is 0 Å². The molecule has 1 aromatic heterocycles. The minimum atomic E-state index is -1.59. The minimum Gasteiger partial charge on any atom is -0.461 e. The molecule has 0 fully saturated rings. The third-order valence-corrected chi connectivity index (χ3v) is 11.5. The van der Waals surface area contributed by atoms with Crippen molar-refractivity contribution in [2.24, 2.45) is 5.73 Å². The van der Waals surface area contributed by atoms with Gasteiger partial charge in [0.15, 0.2) is 0 Å². The largest absolute Gasteiger partial charge is 0.461 e. The number of nitrogens with two attached hydrogens (primary N) is 1. The molecule has 72 heavy (non-hydrogen) atoms. The van der Waals surface area contributed by atoms with Crippen molar-refractivity contribution in [3.8, 4) is 0 Å². The zero-order chi connectivity index (χ0) is 52.2. The van der Waals surface area contributed by atoms with Gasteiger partial charge in [-0.05, 0) is 55.5 Å². The van der Waals surface area contributed by atoms with Crippen molar-refractivity contribution in [2.75, 3.05) is 7.05 Å². The Kier molecular flexibility index (Phi) is 20.5. The Morgan fingerprint density at radius 3 is 1.81 bits per heavy atom. The Morgan fingerprint density at radius 2 is 1.21 bits per heavy atom. The van der Waals surface area contributed by atoms with E-state index >= 15 is 0 Å². The number of aromatic amines is 1. The van der Waals surface area contributed by atoms with Gasteiger partial charge in [-0.15, -0.1) is 0 Å². The molecule has 18 heteroatoms. The molecule has 0 aliphatic rings. The van der Waals surface area contributed by atoms with Gasteiger partial charge in [0.1, 0.15) is 49.0 Å². The van der Waals surface area contributed by atoms with Gasteiger partial charge in [0.2, 0.25) is 29.5 Å². The number of hydrogen-bond donors (Lipinski definition) is 6. The molecule has 0 unspecified atom stereocenters. The zero-order valence-corrected chi connectivity index (χ0v) is 41.3. The predicted octanol–water partition coefficient (Wildman–Crippen LogP) is 5.07. The maximum atomic E-state index is 14.9. The summed E-state index contributed by atoms with van der Waals surface area (Å²) < 4.78 is 16.4. The SMILES string of the molecule is CCCC[C@@H](C(=O)N[C@@H](CC(=O)OCc1ccccc1)C(=O)N[C@@H](Cc1ccccc1)C(N)=O)N(C)C(=O)[C@H](Cc1c[nH]c2ccccc12)NC(=O)C[C@@H](NC(=O)OC(C)(C)C)C(=O)OCc1ccccc1. The van der Waals surface area contributed by atoms with E-state index in [1.54, 1.807) is 118 Å². The third-order valence-electron chi connectivity index (χ3n) is 11.5. The van der Waals surface area contributed by atoms with E-state index in [9.17, 15) is 38.4 Å². The molecule has 5 aromatic rings. The van der Waals surface area contributed by atoms with E-state index in [0.29, 0.717) is 35.1 Å². The highest BCUT2D eigenvalue weighted by atomic mass is 16.6. The number of amides is 6. The number of carbonyl (C=O) groups is 8. The van der Waals surface area contributed by atoms with E-state index in [1.807, 2.05) is 31.2 Å². The maximum Gasteiger partial charge on any atom is 0.408 e. The summed E-state index contributed by atoms with van der Waals surface area (Å²) in [4.78, 5) is 115. The van der Waals surface area contributed by atoms with Crippen LogP contribution in [-0.4, -0.2) is 100 Å². The number of likely N-dealkylation sites (N-methyl/N-ethyl adjacent to an activating group) is 1. The highest BCUT2D eigenvalue weighted by Crippen LogP contribution is 2.21. The molecule has 0 aliphatic heterocycles. The fourth-order valence-corrected chi connectivity index (χ4v) is 7.71. The Labute approximate surface area is 419 Å². The number of unbranched alkanes of at least 4 members (excludes halogenated alkanes) is 1. The molecule has 0 saturated carbocycles. The second-order valence-electron chi connectivity index (χ2n) is 18.4. The summed E-state index contributed by atoms with van der Waals surface area (Å²) in [5.41, 5.74) is 8.21. The molecule has 1 heterocycles. The van der Waals surface area contributed by atoms with Gasteiger partial charge in [0.25, 0.3) is 0 Å². The van der Waals surface area contributed by atoms with Gasteiger partial charge < -0.3 is 51.1 Å². The van der Waals surface area contributed by atoms with Crippen molar-refractivity contribution < 1.29 is 52.6 Å². The van der Waals surface area contributed by atoms with E-state index < -0.39 is 96.2 Å². The molecule has 0 saturated heterocycles. The monoisotopic (exact) mass is 987 g/mol. The van der Waals surface area contributed by atoms with Crippen molar-refractivity contribution >= 4 is 58.5 Å². The number of carbonyl (C=O) groups excluding carboxylic acids is 8. The first kappa shape index (κ1) is 54.9. The topological polar surface area (TPSA) is 257 Å². The molecular weight excluding hydrogens is 923 g/mol. The van der Waals surface area contributed by atoms with E-state index in [4.69, 9.17) is 19.9 Å². The first-order valence-corrected chi connectivity index (χ1v) is 23.8. The molecule has 0 bridgehead atoms. The van der Waals surface area contributed by atoms with E-state index in [1.165, 1.54) is 11.9 Å². The lowest BCUT2D eigenvalue weighted by molar-refractivity contribution is -0.149. The Bertz CT molecular complexity index is 2620. The highest BCUT2D eigenvalue weighted by Gasteiger charge is 2.37. The van der Waals surface area contributed by atoms with E-state index in [0.717, 1.165) is 10.9 Å². The number of alkyl carbamates (subject to hydrolysis) is 1. The van der Waals surface area contributed by atoms with E-state index in [-0.39, 0.29) is 32.5 Å². The van der Waals surface area contributed by atoms with Crippen LogP contribution in [0.25, 0.3) is 10.9 Å². The first-order chi connectivity index (χ1) is 34.4. The highest BCUT2D eigenvalue weighted by molar-refractivity contribution is 5.97. The quantitative estimate of drug-likeness (QED) is 0.0332. The summed E-state index contributed by atoms with van der Waals surface area (Å²) >= 11 is 0. The second kappa shape index (κ2) is 26.8. The molecule has 7 N–H and O–H groups in total. The number of para-hydroxylation sites is 1. The molecule has 4 aromatic carbocycles. The van der Waals surface area contributed by atoms with Crippen LogP contribution < -0.4 is 27.0 Å². The molecule has 0 radical (unpaired) electrons. The molecule has 6 amide bonds. The molecule has 18 nitrogen and oxygen atoms in total. The summed E-state index contributed by atoms with van der Waals surface area (Å²) in [5, 5.41) is 11.2. The van der Waals surface area contributed by atoms with Gasteiger partial charge in [-0.2, -0.15) is 0 Å². The lowest BCUT2D eigenvalue weighted by Crippen LogP contribution is -2.59. The number of nitrogens with zero attached hydrogens (tertiary/aromatic N) is 1. The average molecular weight is 988 g/mol. The first-order valence-electron chi connectivity index (χ1n) is 23.8. The van der Waals surface area contributed by atoms with Gasteiger partial charge in [-0.3, -0.25) is 28.8 Å². The Hall–Kier alpha value is -8.02. The van der Waals surface area contributed by atoms with Crippen LogP contribution in [0.4, 0.5) is 4.79 Å². The number of fused-ring (bicyclic) bond motifs is 1.